The van der Waals surface area contributed by atoms with Crippen LogP contribution in [0.3, 0.4) is 0 Å². The number of H-pyrrole nitrogens is 1. The van der Waals surface area contributed by atoms with Gasteiger partial charge in [0.15, 0.2) is 5.69 Å². The summed E-state index contributed by atoms with van der Waals surface area (Å²) < 4.78 is 1.23. The summed E-state index contributed by atoms with van der Waals surface area (Å²) in [5, 5.41) is 0. The molecule has 1 aromatic heterocycles. The Hall–Kier alpha value is -3.69. The Labute approximate surface area is 184 Å². The number of nitrogen functional groups attached to an aromatic ring is 1. The summed E-state index contributed by atoms with van der Waals surface area (Å²) >= 11 is 0. The van der Waals surface area contributed by atoms with Crippen molar-refractivity contribution >= 4 is 29.2 Å². The van der Waals surface area contributed by atoms with Gasteiger partial charge in [-0.05, 0) is 25.0 Å². The molecular formula is C22H27N5O5. The lowest BCUT2D eigenvalue weighted by Crippen LogP contribution is -2.43. The minimum Gasteiger partial charge on any atom is -0.383 e. The van der Waals surface area contributed by atoms with Gasteiger partial charge in [-0.2, -0.15) is 0 Å². The highest BCUT2D eigenvalue weighted by Gasteiger charge is 2.35. The number of aromatic nitrogens is 2. The smallest absolute Gasteiger partial charge is 0.330 e. The Kier molecular flexibility index (Phi) is 6.92. The zero-order valence-corrected chi connectivity index (χ0v) is 18.2. The van der Waals surface area contributed by atoms with E-state index in [1.54, 1.807) is 24.3 Å². The first-order valence-electron chi connectivity index (χ1n) is 10.7. The molecule has 2 aromatic rings. The zero-order valence-electron chi connectivity index (χ0n) is 18.2. The Bertz CT molecular complexity index is 1130. The van der Waals surface area contributed by atoms with E-state index in [4.69, 9.17) is 5.73 Å². The van der Waals surface area contributed by atoms with Crippen LogP contribution in [0.25, 0.3) is 0 Å². The number of benzene rings is 1. The van der Waals surface area contributed by atoms with E-state index in [2.05, 4.69) is 4.98 Å². The van der Waals surface area contributed by atoms with Crippen LogP contribution in [-0.4, -0.2) is 45.3 Å². The largest absolute Gasteiger partial charge is 0.383 e. The van der Waals surface area contributed by atoms with Gasteiger partial charge >= 0.3 is 5.69 Å². The Balaban J connectivity index is 1.87. The van der Waals surface area contributed by atoms with Crippen molar-refractivity contribution in [1.29, 1.82) is 0 Å². The van der Waals surface area contributed by atoms with E-state index in [0.29, 0.717) is 30.5 Å². The molecule has 0 atom stereocenters. The molecule has 10 heteroatoms. The van der Waals surface area contributed by atoms with Crippen LogP contribution in [0, 0.1) is 0 Å². The third-order valence-electron chi connectivity index (χ3n) is 5.40. The van der Waals surface area contributed by atoms with Crippen LogP contribution < -0.4 is 21.9 Å². The molecule has 0 bridgehead atoms. The van der Waals surface area contributed by atoms with E-state index in [-0.39, 0.29) is 31.0 Å². The van der Waals surface area contributed by atoms with Crippen LogP contribution in [0.4, 0.5) is 11.5 Å². The van der Waals surface area contributed by atoms with Crippen LogP contribution in [0.15, 0.2) is 33.9 Å². The summed E-state index contributed by atoms with van der Waals surface area (Å²) in [5.41, 5.74) is 5.28. The second kappa shape index (κ2) is 9.63. The average molecular weight is 441 g/mol. The predicted molar refractivity (Wildman–Crippen MR) is 120 cm³/mol. The number of unbranched alkanes of at least 4 members (excludes halogenated alkanes) is 1. The number of amides is 3. The summed E-state index contributed by atoms with van der Waals surface area (Å²) in [6.45, 7) is 4.18. The van der Waals surface area contributed by atoms with Crippen LogP contribution >= 0.6 is 0 Å². The van der Waals surface area contributed by atoms with Crippen molar-refractivity contribution in [2.75, 3.05) is 23.7 Å². The van der Waals surface area contributed by atoms with Crippen molar-refractivity contribution in [3.8, 4) is 0 Å². The number of rotatable bonds is 9. The van der Waals surface area contributed by atoms with E-state index in [1.165, 1.54) is 9.47 Å². The molecule has 32 heavy (non-hydrogen) atoms. The Morgan fingerprint density at radius 2 is 1.62 bits per heavy atom. The van der Waals surface area contributed by atoms with E-state index in [0.717, 1.165) is 11.3 Å². The number of carbonyl (C=O) groups is 3. The number of nitrogens with one attached hydrogen (secondary N) is 1. The molecule has 0 aliphatic carbocycles. The molecule has 0 unspecified atom stereocenters. The number of nitrogens with zero attached hydrogens (tertiary/aromatic N) is 3. The molecule has 1 aromatic carbocycles. The molecule has 0 saturated heterocycles. The molecule has 0 radical (unpaired) electrons. The van der Waals surface area contributed by atoms with Gasteiger partial charge in [0.2, 0.25) is 5.91 Å². The van der Waals surface area contributed by atoms with Crippen LogP contribution in [0.5, 0.6) is 0 Å². The topological polar surface area (TPSA) is 139 Å². The first-order chi connectivity index (χ1) is 15.3. The predicted octanol–water partition coefficient (Wildman–Crippen LogP) is 1.35. The molecule has 3 N–H and O–H groups in total. The highest BCUT2D eigenvalue weighted by atomic mass is 16.2. The lowest BCUT2D eigenvalue weighted by Gasteiger charge is -2.25. The molecule has 10 nitrogen and oxygen atoms in total. The minimum absolute atomic E-state index is 0.0780. The number of hydrogen-bond acceptors (Lipinski definition) is 6. The molecular weight excluding hydrogens is 414 g/mol. The third kappa shape index (κ3) is 4.20. The van der Waals surface area contributed by atoms with Crippen molar-refractivity contribution in [1.82, 2.24) is 14.5 Å². The minimum atomic E-state index is -0.745. The van der Waals surface area contributed by atoms with Gasteiger partial charge in [-0.1, -0.05) is 32.4 Å². The fraction of sp³-hybridized carbons (Fsp3) is 0.409. The van der Waals surface area contributed by atoms with Gasteiger partial charge in [0, 0.05) is 26.1 Å². The van der Waals surface area contributed by atoms with Crippen LogP contribution in [-0.2, 0) is 11.3 Å². The van der Waals surface area contributed by atoms with Gasteiger partial charge in [0.05, 0.1) is 11.1 Å². The number of nitrogens with two attached hydrogens (primary N) is 1. The third-order valence-corrected chi connectivity index (χ3v) is 5.40. The molecule has 0 fully saturated rings. The maximum atomic E-state index is 13.1. The van der Waals surface area contributed by atoms with Gasteiger partial charge in [-0.3, -0.25) is 33.6 Å². The van der Waals surface area contributed by atoms with E-state index in [1.807, 2.05) is 13.8 Å². The molecule has 3 rings (SSSR count). The SMILES string of the molecule is CCCCN(C(=O)CCN1C(=O)c2ccccc2C1=O)c1c(N)n(CCC)c(=O)[nH]c1=O. The molecule has 1 aliphatic heterocycles. The summed E-state index contributed by atoms with van der Waals surface area (Å²) in [5.74, 6) is -1.44. The fourth-order valence-corrected chi connectivity index (χ4v) is 3.75. The number of anilines is 2. The lowest BCUT2D eigenvalue weighted by molar-refractivity contribution is -0.118. The first kappa shape index (κ1) is 23.0. The van der Waals surface area contributed by atoms with Crippen molar-refractivity contribution in [2.45, 2.75) is 46.1 Å². The number of aromatic amines is 1. The first-order valence-corrected chi connectivity index (χ1v) is 10.7. The second-order valence-corrected chi connectivity index (χ2v) is 7.60. The number of hydrogen-bond donors (Lipinski definition) is 2. The summed E-state index contributed by atoms with van der Waals surface area (Å²) in [4.78, 5) is 67.5. The number of imide groups is 1. The van der Waals surface area contributed by atoms with Crippen molar-refractivity contribution in [3.63, 3.8) is 0 Å². The molecule has 3 amide bonds. The lowest BCUT2D eigenvalue weighted by atomic mass is 10.1. The zero-order chi connectivity index (χ0) is 23.4. The Morgan fingerprint density at radius 3 is 2.19 bits per heavy atom. The van der Waals surface area contributed by atoms with E-state index in [9.17, 15) is 24.0 Å². The maximum Gasteiger partial charge on any atom is 0.330 e. The number of carbonyl (C=O) groups excluding carboxylic acids is 3. The quantitative estimate of drug-likeness (QED) is 0.563. The van der Waals surface area contributed by atoms with Gasteiger partial charge in [-0.15, -0.1) is 0 Å². The molecule has 170 valence electrons. The van der Waals surface area contributed by atoms with Crippen molar-refractivity contribution < 1.29 is 14.4 Å². The normalized spacial score (nSPS) is 12.9. The summed E-state index contributed by atoms with van der Waals surface area (Å²) in [6, 6.07) is 6.49. The molecule has 1 aliphatic rings. The molecule has 2 heterocycles. The molecule has 0 saturated carbocycles. The van der Waals surface area contributed by atoms with Crippen LogP contribution in [0.2, 0.25) is 0 Å². The second-order valence-electron chi connectivity index (χ2n) is 7.60. The van der Waals surface area contributed by atoms with E-state index < -0.39 is 29.0 Å². The van der Waals surface area contributed by atoms with Gasteiger partial charge < -0.3 is 10.6 Å². The number of fused-ring (bicyclic) bond motifs is 1. The standard InChI is InChI=1S/C22H27N5O5/c1-3-5-12-25(17-18(23)26(11-4-2)22(32)24-19(17)29)16(28)10-13-27-20(30)14-8-6-7-9-15(14)21(27)31/h6-9H,3-5,10-13,23H2,1-2H3,(H,24,29,32). The monoisotopic (exact) mass is 441 g/mol. The van der Waals surface area contributed by atoms with Crippen molar-refractivity contribution in [3.05, 3.63) is 56.2 Å². The van der Waals surface area contributed by atoms with Gasteiger partial charge in [0.25, 0.3) is 17.4 Å². The van der Waals surface area contributed by atoms with Gasteiger partial charge in [0.1, 0.15) is 5.82 Å². The van der Waals surface area contributed by atoms with Gasteiger partial charge in [-0.25, -0.2) is 4.79 Å². The summed E-state index contributed by atoms with van der Waals surface area (Å²) in [7, 11) is 0. The van der Waals surface area contributed by atoms with Crippen LogP contribution in [0.1, 0.15) is 60.2 Å². The van der Waals surface area contributed by atoms with E-state index >= 15 is 0 Å². The summed E-state index contributed by atoms with van der Waals surface area (Å²) in [6.07, 6.45) is 1.79. The average Bonchev–Trinajstić information content (AvgIpc) is 3.01. The highest BCUT2D eigenvalue weighted by molar-refractivity contribution is 6.21. The molecule has 0 spiro atoms. The fourth-order valence-electron chi connectivity index (χ4n) is 3.75. The Morgan fingerprint density at radius 1 is 1.00 bits per heavy atom. The van der Waals surface area contributed by atoms with Crippen molar-refractivity contribution in [2.24, 2.45) is 0 Å². The maximum absolute atomic E-state index is 13.1. The highest BCUT2D eigenvalue weighted by Crippen LogP contribution is 2.23.